The van der Waals surface area contributed by atoms with Crippen LogP contribution in [0.3, 0.4) is 0 Å². The minimum atomic E-state index is 0.275. The van der Waals surface area contributed by atoms with Gasteiger partial charge in [0.25, 0.3) is 0 Å². The Bertz CT molecular complexity index is 222. The van der Waals surface area contributed by atoms with Gasteiger partial charge in [0.1, 0.15) is 0 Å². The van der Waals surface area contributed by atoms with Crippen molar-refractivity contribution in [2.24, 2.45) is 5.73 Å². The number of ether oxygens (including phenoxy) is 1. The molecule has 0 bridgehead atoms. The summed E-state index contributed by atoms with van der Waals surface area (Å²) in [5.74, 6) is 0. The van der Waals surface area contributed by atoms with Gasteiger partial charge in [0, 0.05) is 25.2 Å². The van der Waals surface area contributed by atoms with Gasteiger partial charge in [-0.25, -0.2) is 0 Å². The Kier molecular flexibility index (Phi) is 3.88. The summed E-state index contributed by atoms with van der Waals surface area (Å²) in [6, 6.07) is 0.827. The molecule has 0 heterocycles. The van der Waals surface area contributed by atoms with Gasteiger partial charge >= 0.3 is 0 Å². The van der Waals surface area contributed by atoms with E-state index in [2.05, 4.69) is 11.8 Å². The second-order valence-electron chi connectivity index (χ2n) is 5.47. The zero-order chi connectivity index (χ0) is 11.6. The Balaban J connectivity index is 1.94. The molecule has 3 nitrogen and oxygen atoms in total. The Morgan fingerprint density at radius 1 is 1.38 bits per heavy atom. The molecule has 0 aliphatic heterocycles. The van der Waals surface area contributed by atoms with Crippen LogP contribution in [0.2, 0.25) is 0 Å². The van der Waals surface area contributed by atoms with E-state index in [1.807, 2.05) is 7.11 Å². The molecule has 2 aliphatic carbocycles. The van der Waals surface area contributed by atoms with Crippen molar-refractivity contribution >= 4 is 0 Å². The second kappa shape index (κ2) is 5.03. The fourth-order valence-electron chi connectivity index (χ4n) is 2.99. The van der Waals surface area contributed by atoms with Crippen molar-refractivity contribution in [3.63, 3.8) is 0 Å². The van der Waals surface area contributed by atoms with Crippen molar-refractivity contribution in [1.29, 1.82) is 0 Å². The molecular weight excluding hydrogens is 200 g/mol. The van der Waals surface area contributed by atoms with Gasteiger partial charge in [-0.3, -0.25) is 4.90 Å². The molecule has 0 aromatic heterocycles. The standard InChI is InChI=1S/C13H26N2O/c1-3-4-7-15(11-5-6-11)13(10-14)8-12(9-13)16-2/h11-12H,3-10,14H2,1-2H3. The lowest BCUT2D eigenvalue weighted by Gasteiger charge is -2.53. The van der Waals surface area contributed by atoms with Crippen molar-refractivity contribution in [1.82, 2.24) is 4.90 Å². The first kappa shape index (κ1) is 12.3. The van der Waals surface area contributed by atoms with E-state index in [9.17, 15) is 0 Å². The van der Waals surface area contributed by atoms with Gasteiger partial charge in [0.15, 0.2) is 0 Å². The average Bonchev–Trinajstić information content (AvgIpc) is 3.05. The molecule has 2 N–H and O–H groups in total. The molecule has 0 spiro atoms. The number of hydrogen-bond donors (Lipinski definition) is 1. The minimum absolute atomic E-state index is 0.275. The number of unbranched alkanes of at least 4 members (excludes halogenated alkanes) is 1. The first-order chi connectivity index (χ1) is 7.75. The molecular formula is C13H26N2O. The maximum Gasteiger partial charge on any atom is 0.0607 e. The summed E-state index contributed by atoms with van der Waals surface area (Å²) in [6.07, 6.45) is 8.06. The van der Waals surface area contributed by atoms with Gasteiger partial charge in [-0.2, -0.15) is 0 Å². The molecule has 0 radical (unpaired) electrons. The SMILES string of the molecule is CCCCN(C1CC1)C1(CN)CC(OC)C1. The first-order valence-electron chi connectivity index (χ1n) is 6.75. The summed E-state index contributed by atoms with van der Waals surface area (Å²) in [5, 5.41) is 0. The zero-order valence-corrected chi connectivity index (χ0v) is 10.7. The Morgan fingerprint density at radius 2 is 2.06 bits per heavy atom. The molecule has 2 rings (SSSR count). The van der Waals surface area contributed by atoms with Crippen LogP contribution < -0.4 is 5.73 Å². The third-order valence-corrected chi connectivity index (χ3v) is 4.28. The number of rotatable bonds is 7. The van der Waals surface area contributed by atoms with Crippen LogP contribution in [0.15, 0.2) is 0 Å². The van der Waals surface area contributed by atoms with E-state index in [1.165, 1.54) is 32.2 Å². The highest BCUT2D eigenvalue weighted by molar-refractivity contribution is 5.08. The van der Waals surface area contributed by atoms with Gasteiger partial charge in [0.05, 0.1) is 6.10 Å². The molecule has 16 heavy (non-hydrogen) atoms. The molecule has 0 unspecified atom stereocenters. The average molecular weight is 226 g/mol. The number of hydrogen-bond acceptors (Lipinski definition) is 3. The van der Waals surface area contributed by atoms with Crippen LogP contribution in [-0.4, -0.2) is 42.8 Å². The number of nitrogens with zero attached hydrogens (tertiary/aromatic N) is 1. The molecule has 3 heteroatoms. The molecule has 0 amide bonds. The maximum atomic E-state index is 6.03. The van der Waals surface area contributed by atoms with E-state index >= 15 is 0 Å². The van der Waals surface area contributed by atoms with Crippen LogP contribution in [0.1, 0.15) is 45.4 Å². The van der Waals surface area contributed by atoms with Gasteiger partial charge in [0.2, 0.25) is 0 Å². The highest BCUT2D eigenvalue weighted by Gasteiger charge is 2.51. The summed E-state index contributed by atoms with van der Waals surface area (Å²) >= 11 is 0. The summed E-state index contributed by atoms with van der Waals surface area (Å²) < 4.78 is 5.42. The summed E-state index contributed by atoms with van der Waals surface area (Å²) in [6.45, 7) is 4.29. The van der Waals surface area contributed by atoms with Crippen molar-refractivity contribution in [2.45, 2.75) is 63.1 Å². The Hall–Kier alpha value is -0.120. The molecule has 0 aromatic rings. The van der Waals surface area contributed by atoms with Crippen LogP contribution in [0.4, 0.5) is 0 Å². The van der Waals surface area contributed by atoms with Gasteiger partial charge in [-0.05, 0) is 38.6 Å². The zero-order valence-electron chi connectivity index (χ0n) is 10.7. The van der Waals surface area contributed by atoms with Crippen molar-refractivity contribution in [3.05, 3.63) is 0 Å². The van der Waals surface area contributed by atoms with E-state index in [-0.39, 0.29) is 5.54 Å². The highest BCUT2D eigenvalue weighted by atomic mass is 16.5. The quantitative estimate of drug-likeness (QED) is 0.719. The highest BCUT2D eigenvalue weighted by Crippen LogP contribution is 2.44. The second-order valence-corrected chi connectivity index (χ2v) is 5.47. The molecule has 2 fully saturated rings. The topological polar surface area (TPSA) is 38.5 Å². The fourth-order valence-corrected chi connectivity index (χ4v) is 2.99. The normalized spacial score (nSPS) is 34.1. The van der Waals surface area contributed by atoms with Crippen LogP contribution in [0.25, 0.3) is 0 Å². The summed E-state index contributed by atoms with van der Waals surface area (Å²) in [7, 11) is 1.82. The van der Waals surface area contributed by atoms with E-state index in [0.29, 0.717) is 6.10 Å². The van der Waals surface area contributed by atoms with Gasteiger partial charge < -0.3 is 10.5 Å². The minimum Gasteiger partial charge on any atom is -0.381 e. The third-order valence-electron chi connectivity index (χ3n) is 4.28. The van der Waals surface area contributed by atoms with E-state index in [0.717, 1.165) is 25.4 Å². The lowest BCUT2D eigenvalue weighted by atomic mass is 9.72. The molecule has 0 atom stereocenters. The maximum absolute atomic E-state index is 6.03. The van der Waals surface area contributed by atoms with Gasteiger partial charge in [-0.15, -0.1) is 0 Å². The van der Waals surface area contributed by atoms with Crippen LogP contribution in [0.5, 0.6) is 0 Å². The summed E-state index contributed by atoms with van der Waals surface area (Å²) in [4.78, 5) is 2.70. The lowest BCUT2D eigenvalue weighted by molar-refractivity contribution is -0.0910. The van der Waals surface area contributed by atoms with Gasteiger partial charge in [-0.1, -0.05) is 13.3 Å². The van der Waals surface area contributed by atoms with E-state index in [4.69, 9.17) is 10.5 Å². The molecule has 0 aromatic carbocycles. The fraction of sp³-hybridized carbons (Fsp3) is 1.00. The first-order valence-corrected chi connectivity index (χ1v) is 6.75. The summed E-state index contributed by atoms with van der Waals surface area (Å²) in [5.41, 5.74) is 6.30. The van der Waals surface area contributed by atoms with Crippen LogP contribution in [0, 0.1) is 0 Å². The molecule has 94 valence electrons. The Morgan fingerprint density at radius 3 is 2.50 bits per heavy atom. The molecule has 2 saturated carbocycles. The number of methoxy groups -OCH3 is 1. The smallest absolute Gasteiger partial charge is 0.0607 e. The molecule has 0 saturated heterocycles. The lowest BCUT2D eigenvalue weighted by Crippen LogP contribution is -2.64. The Labute approximate surface area is 99.3 Å². The third kappa shape index (κ3) is 2.27. The van der Waals surface area contributed by atoms with Crippen molar-refractivity contribution in [2.75, 3.05) is 20.2 Å². The molecule has 2 aliphatic rings. The van der Waals surface area contributed by atoms with E-state index < -0.39 is 0 Å². The monoisotopic (exact) mass is 226 g/mol. The van der Waals surface area contributed by atoms with Crippen molar-refractivity contribution < 1.29 is 4.74 Å². The van der Waals surface area contributed by atoms with Crippen LogP contribution in [-0.2, 0) is 4.74 Å². The predicted octanol–water partition coefficient (Wildman–Crippen LogP) is 1.76. The van der Waals surface area contributed by atoms with Crippen LogP contribution >= 0.6 is 0 Å². The van der Waals surface area contributed by atoms with Crippen molar-refractivity contribution in [3.8, 4) is 0 Å². The predicted molar refractivity (Wildman–Crippen MR) is 66.5 cm³/mol. The van der Waals surface area contributed by atoms with E-state index in [1.54, 1.807) is 0 Å². The largest absolute Gasteiger partial charge is 0.381 e. The number of nitrogens with two attached hydrogens (primary N) is 1.